The van der Waals surface area contributed by atoms with Crippen LogP contribution < -0.4 is 0 Å². The second kappa shape index (κ2) is 13.2. The third-order valence-electron chi connectivity index (χ3n) is 2.28. The fourth-order valence-electron chi connectivity index (χ4n) is 1.30. The summed E-state index contributed by atoms with van der Waals surface area (Å²) in [5.41, 5.74) is 2.86. The summed E-state index contributed by atoms with van der Waals surface area (Å²) in [6, 6.07) is 16.8. The van der Waals surface area contributed by atoms with Gasteiger partial charge in [-0.1, -0.05) is 26.7 Å². The topological polar surface area (TPSA) is 17.1 Å². The van der Waals surface area contributed by atoms with Gasteiger partial charge in [-0.3, -0.25) is 6.79 Å². The van der Waals surface area contributed by atoms with Crippen molar-refractivity contribution in [1.29, 1.82) is 0 Å². The molecule has 2 aromatic rings. The van der Waals surface area contributed by atoms with Crippen molar-refractivity contribution in [1.82, 2.24) is 0 Å². The summed E-state index contributed by atoms with van der Waals surface area (Å²) >= 11 is 0. The molecule has 0 heterocycles. The molecule has 0 spiro atoms. The van der Waals surface area contributed by atoms with Crippen molar-refractivity contribution in [2.75, 3.05) is 0 Å². The summed E-state index contributed by atoms with van der Waals surface area (Å²) in [6.07, 6.45) is 2.32. The molecule has 0 fully saturated rings. The molecule has 0 bridgehead atoms. The molecule has 0 saturated heterocycles. The maximum absolute atomic E-state index is 7.75. The predicted octanol–water partition coefficient (Wildman–Crippen LogP) is 3.66. The van der Waals surface area contributed by atoms with Crippen LogP contribution >= 0.6 is 0 Å². The van der Waals surface area contributed by atoms with Gasteiger partial charge in [-0.25, -0.2) is 24.3 Å². The summed E-state index contributed by atoms with van der Waals surface area (Å²) in [7, 11) is 0. The van der Waals surface area contributed by atoms with E-state index in [1.165, 1.54) is 11.1 Å². The SMILES string of the molecule is CC[c-]1cccc1.CC[c-]1cccc1.[CH-]=O.[Ta]. The van der Waals surface area contributed by atoms with Crippen LogP contribution in [-0.2, 0) is 40.0 Å². The van der Waals surface area contributed by atoms with Gasteiger partial charge in [0.25, 0.3) is 0 Å². The molecule has 2 heteroatoms. The molecule has 1 radical (unpaired) electrons. The van der Waals surface area contributed by atoms with Crippen LogP contribution in [0.25, 0.3) is 0 Å². The second-order valence-corrected chi connectivity index (χ2v) is 3.29. The standard InChI is InChI=1S/2C7H9.CHO.Ta/c2*1-2-7-5-3-4-6-7;1-2;/h2*3-6H,2H2,1H3;1H;/q3*-1;. The Kier molecular flexibility index (Phi) is 14.3. The van der Waals surface area contributed by atoms with Crippen LogP contribution in [0, 0.1) is 0 Å². The van der Waals surface area contributed by atoms with Crippen molar-refractivity contribution < 1.29 is 27.2 Å². The summed E-state index contributed by atoms with van der Waals surface area (Å²) in [5, 5.41) is 0. The first-order valence-electron chi connectivity index (χ1n) is 5.51. The second-order valence-electron chi connectivity index (χ2n) is 3.29. The maximum Gasteiger partial charge on any atom is 0 e. The Morgan fingerprint density at radius 1 is 0.765 bits per heavy atom. The molecule has 0 aromatic heterocycles. The van der Waals surface area contributed by atoms with Gasteiger partial charge in [0.15, 0.2) is 0 Å². The van der Waals surface area contributed by atoms with Gasteiger partial charge in [0.2, 0.25) is 0 Å². The summed E-state index contributed by atoms with van der Waals surface area (Å²) in [4.78, 5) is 7.75. The molecule has 0 aliphatic carbocycles. The van der Waals surface area contributed by atoms with Crippen LogP contribution in [0.3, 0.4) is 0 Å². The zero-order valence-electron chi connectivity index (χ0n) is 10.5. The molecule has 0 aliphatic rings. The predicted molar refractivity (Wildman–Crippen MR) is 69.6 cm³/mol. The molecular weight excluding hydrogens is 377 g/mol. The average Bonchev–Trinajstić information content (AvgIpc) is 3.05. The van der Waals surface area contributed by atoms with Crippen molar-refractivity contribution >= 4 is 6.79 Å². The van der Waals surface area contributed by atoms with Crippen molar-refractivity contribution in [3.8, 4) is 0 Å². The van der Waals surface area contributed by atoms with Crippen LogP contribution in [0.2, 0.25) is 0 Å². The summed E-state index contributed by atoms with van der Waals surface area (Å²) in [5.74, 6) is 0. The van der Waals surface area contributed by atoms with E-state index < -0.39 is 0 Å². The van der Waals surface area contributed by atoms with Gasteiger partial charge >= 0.3 is 0 Å². The first kappa shape index (κ1) is 18.5. The van der Waals surface area contributed by atoms with Crippen molar-refractivity contribution in [2.45, 2.75) is 26.7 Å². The third-order valence-corrected chi connectivity index (χ3v) is 2.28. The molecular formula is C15H19OTa-3. The third kappa shape index (κ3) is 8.87. The van der Waals surface area contributed by atoms with Crippen LogP contribution in [0.1, 0.15) is 25.0 Å². The Balaban J connectivity index is 0. The Labute approximate surface area is 120 Å². The summed E-state index contributed by atoms with van der Waals surface area (Å²) in [6.45, 7) is 7.57. The molecule has 93 valence electrons. The van der Waals surface area contributed by atoms with Gasteiger partial charge in [-0.05, 0) is 0 Å². The number of hydrogen-bond acceptors (Lipinski definition) is 1. The average molecular weight is 396 g/mol. The fourth-order valence-corrected chi connectivity index (χ4v) is 1.30. The molecule has 0 aliphatic heterocycles. The summed E-state index contributed by atoms with van der Waals surface area (Å²) < 4.78 is 0. The zero-order valence-corrected chi connectivity index (χ0v) is 13.7. The largest absolute Gasteiger partial charge is 0.545 e. The van der Waals surface area contributed by atoms with E-state index >= 15 is 0 Å². The Hall–Kier alpha value is -0.890. The van der Waals surface area contributed by atoms with Gasteiger partial charge in [0, 0.05) is 22.4 Å². The van der Waals surface area contributed by atoms with Crippen molar-refractivity contribution in [3.05, 3.63) is 59.7 Å². The number of carbonyl (C=O) groups excluding carboxylic acids is 1. The smallest absolute Gasteiger partial charge is 0 e. The van der Waals surface area contributed by atoms with Crippen LogP contribution in [0.4, 0.5) is 0 Å². The van der Waals surface area contributed by atoms with E-state index in [1.807, 2.05) is 0 Å². The van der Waals surface area contributed by atoms with Gasteiger partial charge in [-0.15, -0.1) is 0 Å². The van der Waals surface area contributed by atoms with E-state index in [9.17, 15) is 0 Å². The molecule has 0 atom stereocenters. The van der Waals surface area contributed by atoms with Crippen molar-refractivity contribution in [3.63, 3.8) is 0 Å². The monoisotopic (exact) mass is 396 g/mol. The Morgan fingerprint density at radius 3 is 1.12 bits per heavy atom. The molecule has 1 nitrogen and oxygen atoms in total. The fraction of sp³-hybridized carbons (Fsp3) is 0.267. The van der Waals surface area contributed by atoms with Gasteiger partial charge in [0.05, 0.1) is 0 Å². The van der Waals surface area contributed by atoms with E-state index in [2.05, 4.69) is 69.2 Å². The van der Waals surface area contributed by atoms with E-state index in [0.717, 1.165) is 12.8 Å². The molecule has 0 N–H and O–H groups in total. The van der Waals surface area contributed by atoms with E-state index in [0.29, 0.717) is 0 Å². The van der Waals surface area contributed by atoms with E-state index in [4.69, 9.17) is 4.79 Å². The molecule has 0 saturated carbocycles. The molecule has 2 rings (SSSR count). The first-order valence-corrected chi connectivity index (χ1v) is 5.51. The van der Waals surface area contributed by atoms with Gasteiger partial charge in [0.1, 0.15) is 0 Å². The van der Waals surface area contributed by atoms with Crippen molar-refractivity contribution in [2.24, 2.45) is 0 Å². The quantitative estimate of drug-likeness (QED) is 0.560. The minimum atomic E-state index is 0. The molecule has 0 unspecified atom stereocenters. The zero-order chi connectivity index (χ0) is 12.2. The molecule has 2 aromatic carbocycles. The minimum Gasteiger partial charge on any atom is -0.545 e. The van der Waals surface area contributed by atoms with E-state index in [1.54, 1.807) is 0 Å². The van der Waals surface area contributed by atoms with Crippen LogP contribution in [0.15, 0.2) is 48.5 Å². The normalized spacial score (nSPS) is 7.88. The van der Waals surface area contributed by atoms with E-state index in [-0.39, 0.29) is 22.4 Å². The first-order chi connectivity index (χ1) is 7.86. The number of aryl methyl sites for hydroxylation is 2. The number of rotatable bonds is 2. The maximum atomic E-state index is 7.75. The van der Waals surface area contributed by atoms with Crippen LogP contribution in [0.5, 0.6) is 0 Å². The Morgan fingerprint density at radius 2 is 1.00 bits per heavy atom. The van der Waals surface area contributed by atoms with Crippen LogP contribution in [-0.4, -0.2) is 6.79 Å². The van der Waals surface area contributed by atoms with Gasteiger partial charge < -0.3 is 4.79 Å². The Bertz CT molecular complexity index is 287. The number of hydrogen-bond donors (Lipinski definition) is 0. The minimum absolute atomic E-state index is 0. The molecule has 0 amide bonds. The molecule has 17 heavy (non-hydrogen) atoms. The van der Waals surface area contributed by atoms with Gasteiger partial charge in [-0.2, -0.15) is 35.4 Å².